The third-order valence-electron chi connectivity index (χ3n) is 4.13. The maximum absolute atomic E-state index is 12.2. The minimum Gasteiger partial charge on any atom is -0.396 e. The fourth-order valence-electron chi connectivity index (χ4n) is 2.65. The molecule has 1 unspecified atom stereocenters. The largest absolute Gasteiger partial charge is 0.396 e. The summed E-state index contributed by atoms with van der Waals surface area (Å²) in [6, 6.07) is 7.82. The van der Waals surface area contributed by atoms with E-state index in [0.717, 1.165) is 32.7 Å². The highest BCUT2D eigenvalue weighted by atomic mass is 16.3. The summed E-state index contributed by atoms with van der Waals surface area (Å²) in [5.74, 6) is -0.0684. The highest BCUT2D eigenvalue weighted by Gasteiger charge is 2.15. The molecule has 122 valence electrons. The first-order valence-electron chi connectivity index (χ1n) is 8.00. The summed E-state index contributed by atoms with van der Waals surface area (Å²) in [5, 5.41) is 11.8. The molecule has 0 radical (unpaired) electrons. The molecular formula is C17H27N3O2. The number of aliphatic hydroxyl groups excluding tert-OH is 1. The minimum absolute atomic E-state index is 0.0150. The van der Waals surface area contributed by atoms with Gasteiger partial charge in [-0.1, -0.05) is 12.1 Å². The lowest BCUT2D eigenvalue weighted by molar-refractivity contribution is 0.0934. The van der Waals surface area contributed by atoms with E-state index in [1.54, 1.807) is 0 Å². The van der Waals surface area contributed by atoms with Gasteiger partial charge in [-0.3, -0.25) is 9.69 Å². The van der Waals surface area contributed by atoms with Gasteiger partial charge in [0.15, 0.2) is 0 Å². The average Bonchev–Trinajstić information content (AvgIpc) is 2.50. The van der Waals surface area contributed by atoms with E-state index in [4.69, 9.17) is 5.11 Å². The number of rotatable bonds is 6. The predicted octanol–water partition coefficient (Wildman–Crippen LogP) is 0.935. The van der Waals surface area contributed by atoms with E-state index in [1.165, 1.54) is 5.56 Å². The Morgan fingerprint density at radius 3 is 2.73 bits per heavy atom. The number of benzene rings is 1. The zero-order valence-electron chi connectivity index (χ0n) is 13.6. The van der Waals surface area contributed by atoms with Gasteiger partial charge in [-0.05, 0) is 38.1 Å². The first kappa shape index (κ1) is 16.9. The molecule has 0 aromatic heterocycles. The van der Waals surface area contributed by atoms with Crippen molar-refractivity contribution in [3.63, 3.8) is 0 Å². The molecule has 1 fully saturated rings. The highest BCUT2D eigenvalue weighted by Crippen LogP contribution is 2.11. The van der Waals surface area contributed by atoms with Gasteiger partial charge in [-0.25, -0.2) is 0 Å². The molecule has 0 spiro atoms. The SMILES string of the molecule is CC(CCO)NC(=O)c1cccc(CN2CCN(C)CC2)c1. The van der Waals surface area contributed by atoms with E-state index in [-0.39, 0.29) is 18.6 Å². The molecule has 0 bridgehead atoms. The standard InChI is InChI=1S/C17H27N3O2/c1-14(6-11-21)18-17(22)16-5-3-4-15(12-16)13-20-9-7-19(2)8-10-20/h3-5,12,14,21H,6-11,13H2,1-2H3,(H,18,22). The number of piperazine rings is 1. The molecule has 1 aromatic rings. The Morgan fingerprint density at radius 2 is 2.05 bits per heavy atom. The molecule has 1 aromatic carbocycles. The first-order chi connectivity index (χ1) is 10.6. The molecule has 5 heteroatoms. The van der Waals surface area contributed by atoms with Crippen molar-refractivity contribution in [2.75, 3.05) is 39.8 Å². The number of carbonyl (C=O) groups is 1. The van der Waals surface area contributed by atoms with Crippen LogP contribution in [0.1, 0.15) is 29.3 Å². The molecule has 1 aliphatic rings. The molecule has 1 saturated heterocycles. The number of hydrogen-bond acceptors (Lipinski definition) is 4. The van der Waals surface area contributed by atoms with Crippen LogP contribution in [0.2, 0.25) is 0 Å². The zero-order valence-corrected chi connectivity index (χ0v) is 13.6. The van der Waals surface area contributed by atoms with Crippen LogP contribution in [0.4, 0.5) is 0 Å². The summed E-state index contributed by atoms with van der Waals surface area (Å²) >= 11 is 0. The van der Waals surface area contributed by atoms with Gasteiger partial charge in [0.25, 0.3) is 5.91 Å². The zero-order chi connectivity index (χ0) is 15.9. The van der Waals surface area contributed by atoms with Gasteiger partial charge >= 0.3 is 0 Å². The number of nitrogens with one attached hydrogen (secondary N) is 1. The Kier molecular flexibility index (Phi) is 6.36. The molecule has 1 amide bonds. The maximum atomic E-state index is 12.2. The molecule has 2 rings (SSSR count). The second-order valence-corrected chi connectivity index (χ2v) is 6.17. The molecule has 1 aliphatic heterocycles. The quantitative estimate of drug-likeness (QED) is 0.821. The van der Waals surface area contributed by atoms with Crippen LogP contribution >= 0.6 is 0 Å². The van der Waals surface area contributed by atoms with Gasteiger partial charge in [0, 0.05) is 50.9 Å². The van der Waals surface area contributed by atoms with E-state index in [0.29, 0.717) is 12.0 Å². The third-order valence-corrected chi connectivity index (χ3v) is 4.13. The lowest BCUT2D eigenvalue weighted by Crippen LogP contribution is -2.43. The van der Waals surface area contributed by atoms with Gasteiger partial charge in [0.2, 0.25) is 0 Å². The van der Waals surface area contributed by atoms with Crippen molar-refractivity contribution in [1.82, 2.24) is 15.1 Å². The summed E-state index contributed by atoms with van der Waals surface area (Å²) in [4.78, 5) is 17.0. The molecule has 1 atom stereocenters. The number of carbonyl (C=O) groups excluding carboxylic acids is 1. The number of likely N-dealkylation sites (N-methyl/N-ethyl adjacent to an activating group) is 1. The first-order valence-corrected chi connectivity index (χ1v) is 8.00. The average molecular weight is 305 g/mol. The van der Waals surface area contributed by atoms with Gasteiger partial charge in [0.05, 0.1) is 0 Å². The van der Waals surface area contributed by atoms with Crippen molar-refractivity contribution < 1.29 is 9.90 Å². The van der Waals surface area contributed by atoms with Crippen LogP contribution < -0.4 is 5.32 Å². The Labute approximate surface area is 132 Å². The van der Waals surface area contributed by atoms with Gasteiger partial charge < -0.3 is 15.3 Å². The Bertz CT molecular complexity index is 485. The highest BCUT2D eigenvalue weighted by molar-refractivity contribution is 5.94. The molecular weight excluding hydrogens is 278 g/mol. The van der Waals surface area contributed by atoms with Crippen LogP contribution in [0.25, 0.3) is 0 Å². The van der Waals surface area contributed by atoms with Gasteiger partial charge in [0.1, 0.15) is 0 Å². The molecule has 5 nitrogen and oxygen atoms in total. The number of nitrogens with zero attached hydrogens (tertiary/aromatic N) is 2. The van der Waals surface area contributed by atoms with Crippen molar-refractivity contribution in [2.45, 2.75) is 25.9 Å². The Hall–Kier alpha value is -1.43. The topological polar surface area (TPSA) is 55.8 Å². The van der Waals surface area contributed by atoms with Crippen LogP contribution in [0, 0.1) is 0 Å². The van der Waals surface area contributed by atoms with Gasteiger partial charge in [-0.15, -0.1) is 0 Å². The van der Waals surface area contributed by atoms with Crippen LogP contribution in [0.15, 0.2) is 24.3 Å². The van der Waals surface area contributed by atoms with Crippen LogP contribution in [-0.4, -0.2) is 66.7 Å². The molecule has 0 saturated carbocycles. The Balaban J connectivity index is 1.93. The lowest BCUT2D eigenvalue weighted by atomic mass is 10.1. The van der Waals surface area contributed by atoms with Gasteiger partial charge in [-0.2, -0.15) is 0 Å². The van der Waals surface area contributed by atoms with E-state index in [1.807, 2.05) is 25.1 Å². The minimum atomic E-state index is -0.0684. The van der Waals surface area contributed by atoms with Crippen molar-refractivity contribution in [2.24, 2.45) is 0 Å². The Morgan fingerprint density at radius 1 is 1.32 bits per heavy atom. The van der Waals surface area contributed by atoms with E-state index in [9.17, 15) is 4.79 Å². The van der Waals surface area contributed by atoms with Crippen molar-refractivity contribution in [3.8, 4) is 0 Å². The van der Waals surface area contributed by atoms with Crippen LogP contribution in [0.5, 0.6) is 0 Å². The number of hydrogen-bond donors (Lipinski definition) is 2. The normalized spacial score (nSPS) is 18.1. The molecule has 22 heavy (non-hydrogen) atoms. The summed E-state index contributed by atoms with van der Waals surface area (Å²) in [7, 11) is 2.15. The van der Waals surface area contributed by atoms with E-state index < -0.39 is 0 Å². The summed E-state index contributed by atoms with van der Waals surface area (Å²) < 4.78 is 0. The summed E-state index contributed by atoms with van der Waals surface area (Å²) in [6.07, 6.45) is 0.576. The fraction of sp³-hybridized carbons (Fsp3) is 0.588. The molecule has 0 aliphatic carbocycles. The molecule has 1 heterocycles. The van der Waals surface area contributed by atoms with Crippen LogP contribution in [0.3, 0.4) is 0 Å². The summed E-state index contributed by atoms with van der Waals surface area (Å²) in [6.45, 7) is 7.22. The third kappa shape index (κ3) is 5.09. The van der Waals surface area contributed by atoms with E-state index >= 15 is 0 Å². The smallest absolute Gasteiger partial charge is 0.251 e. The maximum Gasteiger partial charge on any atom is 0.251 e. The molecule has 2 N–H and O–H groups in total. The fourth-order valence-corrected chi connectivity index (χ4v) is 2.65. The van der Waals surface area contributed by atoms with Crippen molar-refractivity contribution in [1.29, 1.82) is 0 Å². The number of aliphatic hydroxyl groups is 1. The lowest BCUT2D eigenvalue weighted by Gasteiger charge is -2.32. The summed E-state index contributed by atoms with van der Waals surface area (Å²) in [5.41, 5.74) is 1.86. The van der Waals surface area contributed by atoms with Crippen molar-refractivity contribution >= 4 is 5.91 Å². The van der Waals surface area contributed by atoms with E-state index in [2.05, 4.69) is 28.2 Å². The number of amides is 1. The monoisotopic (exact) mass is 305 g/mol. The van der Waals surface area contributed by atoms with Crippen LogP contribution in [-0.2, 0) is 6.54 Å². The second-order valence-electron chi connectivity index (χ2n) is 6.17. The van der Waals surface area contributed by atoms with Crippen molar-refractivity contribution in [3.05, 3.63) is 35.4 Å². The predicted molar refractivity (Wildman–Crippen MR) is 87.8 cm³/mol. The second kappa shape index (κ2) is 8.27.